The Bertz CT molecular complexity index is 768. The van der Waals surface area contributed by atoms with Gasteiger partial charge in [-0.2, -0.15) is 0 Å². The van der Waals surface area contributed by atoms with E-state index in [2.05, 4.69) is 4.98 Å². The largest absolute Gasteiger partial charge is 0.352 e. The molecule has 0 amide bonds. The zero-order valence-electron chi connectivity index (χ0n) is 9.96. The van der Waals surface area contributed by atoms with Crippen molar-refractivity contribution in [3.63, 3.8) is 0 Å². The Hall–Kier alpha value is -1.29. The van der Waals surface area contributed by atoms with Crippen molar-refractivity contribution in [3.8, 4) is 0 Å². The molecule has 1 aromatic carbocycles. The third-order valence-electron chi connectivity index (χ3n) is 3.03. The number of hydrogen-bond acceptors (Lipinski definition) is 2. The predicted molar refractivity (Wildman–Crippen MR) is 80.8 cm³/mol. The van der Waals surface area contributed by atoms with Crippen molar-refractivity contribution in [3.05, 3.63) is 56.5 Å². The molecule has 0 unspecified atom stereocenters. The SMILES string of the molecule is Cc1csc2[nH]cc(C(=O)c3c(Cl)cccc3Cl)c12. The van der Waals surface area contributed by atoms with E-state index < -0.39 is 0 Å². The Morgan fingerprint density at radius 2 is 1.95 bits per heavy atom. The van der Waals surface area contributed by atoms with Gasteiger partial charge in [-0.1, -0.05) is 29.3 Å². The number of aryl methyl sites for hydroxylation is 1. The fourth-order valence-corrected chi connectivity index (χ4v) is 3.62. The van der Waals surface area contributed by atoms with Crippen LogP contribution in [0.1, 0.15) is 21.5 Å². The quantitative estimate of drug-likeness (QED) is 0.658. The minimum absolute atomic E-state index is 0.150. The molecule has 0 aliphatic carbocycles. The monoisotopic (exact) mass is 309 g/mol. The standard InChI is InChI=1S/C14H9Cl2NOS/c1-7-6-19-14-11(7)8(5-17-14)13(18)12-9(15)3-2-4-10(12)16/h2-6,17H,1H3. The van der Waals surface area contributed by atoms with E-state index in [1.165, 1.54) is 0 Å². The van der Waals surface area contributed by atoms with Crippen LogP contribution >= 0.6 is 34.5 Å². The van der Waals surface area contributed by atoms with Gasteiger partial charge in [-0.25, -0.2) is 0 Å². The molecular formula is C14H9Cl2NOS. The molecule has 96 valence electrons. The van der Waals surface area contributed by atoms with Crippen molar-refractivity contribution in [1.82, 2.24) is 4.98 Å². The lowest BCUT2D eigenvalue weighted by atomic mass is 10.0. The molecule has 2 heterocycles. The first kappa shape index (κ1) is 12.7. The first-order chi connectivity index (χ1) is 9.09. The van der Waals surface area contributed by atoms with Crippen LogP contribution in [-0.4, -0.2) is 10.8 Å². The average molecular weight is 310 g/mol. The summed E-state index contributed by atoms with van der Waals surface area (Å²) in [6.07, 6.45) is 1.72. The van der Waals surface area contributed by atoms with Crippen LogP contribution in [0.3, 0.4) is 0 Å². The van der Waals surface area contributed by atoms with Crippen molar-refractivity contribution in [2.75, 3.05) is 0 Å². The number of H-pyrrole nitrogens is 1. The van der Waals surface area contributed by atoms with Gasteiger partial charge in [0.25, 0.3) is 0 Å². The number of aromatic amines is 1. The molecule has 0 spiro atoms. The molecule has 1 N–H and O–H groups in total. The van der Waals surface area contributed by atoms with E-state index in [1.54, 1.807) is 35.7 Å². The molecular weight excluding hydrogens is 301 g/mol. The highest BCUT2D eigenvalue weighted by atomic mass is 35.5. The fourth-order valence-electron chi connectivity index (χ4n) is 2.12. The van der Waals surface area contributed by atoms with Crippen molar-refractivity contribution in [1.29, 1.82) is 0 Å². The van der Waals surface area contributed by atoms with Crippen LogP contribution in [0.5, 0.6) is 0 Å². The molecule has 2 aromatic heterocycles. The van der Waals surface area contributed by atoms with Crippen molar-refractivity contribution >= 4 is 50.5 Å². The first-order valence-electron chi connectivity index (χ1n) is 5.63. The van der Waals surface area contributed by atoms with Gasteiger partial charge >= 0.3 is 0 Å². The van der Waals surface area contributed by atoms with Crippen LogP contribution in [-0.2, 0) is 0 Å². The number of fused-ring (bicyclic) bond motifs is 1. The Kier molecular flexibility index (Phi) is 3.13. The molecule has 0 radical (unpaired) electrons. The van der Waals surface area contributed by atoms with Crippen molar-refractivity contribution < 1.29 is 4.79 Å². The molecule has 3 aromatic rings. The highest BCUT2D eigenvalue weighted by Crippen LogP contribution is 2.33. The number of carbonyl (C=O) groups is 1. The van der Waals surface area contributed by atoms with E-state index in [9.17, 15) is 4.79 Å². The zero-order valence-corrected chi connectivity index (χ0v) is 12.3. The van der Waals surface area contributed by atoms with Gasteiger partial charge in [0.1, 0.15) is 4.83 Å². The van der Waals surface area contributed by atoms with Gasteiger partial charge in [0.15, 0.2) is 5.78 Å². The van der Waals surface area contributed by atoms with Crippen LogP contribution in [0.25, 0.3) is 10.2 Å². The second kappa shape index (κ2) is 4.67. The van der Waals surface area contributed by atoms with E-state index >= 15 is 0 Å². The minimum atomic E-state index is -0.150. The summed E-state index contributed by atoms with van der Waals surface area (Å²) in [7, 11) is 0. The smallest absolute Gasteiger partial charge is 0.198 e. The van der Waals surface area contributed by atoms with Gasteiger partial charge in [-0.3, -0.25) is 4.79 Å². The van der Waals surface area contributed by atoms with Gasteiger partial charge in [-0.15, -0.1) is 11.3 Å². The number of carbonyl (C=O) groups excluding carboxylic acids is 1. The molecule has 3 rings (SSSR count). The lowest BCUT2D eigenvalue weighted by molar-refractivity contribution is 0.104. The van der Waals surface area contributed by atoms with Crippen molar-refractivity contribution in [2.24, 2.45) is 0 Å². The summed E-state index contributed by atoms with van der Waals surface area (Å²) in [4.78, 5) is 16.7. The zero-order chi connectivity index (χ0) is 13.6. The molecule has 0 saturated heterocycles. The molecule has 19 heavy (non-hydrogen) atoms. The highest BCUT2D eigenvalue weighted by Gasteiger charge is 2.21. The first-order valence-corrected chi connectivity index (χ1v) is 7.27. The highest BCUT2D eigenvalue weighted by molar-refractivity contribution is 7.17. The summed E-state index contributed by atoms with van der Waals surface area (Å²) in [5.74, 6) is -0.150. The predicted octanol–water partition coefficient (Wildman–Crippen LogP) is 5.08. The minimum Gasteiger partial charge on any atom is -0.352 e. The summed E-state index contributed by atoms with van der Waals surface area (Å²) in [6.45, 7) is 1.98. The molecule has 5 heteroatoms. The molecule has 0 saturated carbocycles. The van der Waals surface area contributed by atoms with Crippen LogP contribution < -0.4 is 0 Å². The number of ketones is 1. The number of nitrogens with one attached hydrogen (secondary N) is 1. The van der Waals surface area contributed by atoms with Crippen molar-refractivity contribution in [2.45, 2.75) is 6.92 Å². The van der Waals surface area contributed by atoms with E-state index in [0.29, 0.717) is 21.2 Å². The summed E-state index contributed by atoms with van der Waals surface area (Å²) in [5, 5.41) is 3.72. The summed E-state index contributed by atoms with van der Waals surface area (Å²) < 4.78 is 0. The number of thiophene rings is 1. The van der Waals surface area contributed by atoms with Gasteiger partial charge < -0.3 is 4.98 Å². The number of rotatable bonds is 2. The average Bonchev–Trinajstić information content (AvgIpc) is 2.92. The summed E-state index contributed by atoms with van der Waals surface area (Å²) in [6, 6.07) is 5.07. The van der Waals surface area contributed by atoms with Crippen LogP contribution in [0.4, 0.5) is 0 Å². The Morgan fingerprint density at radius 3 is 2.63 bits per heavy atom. The third-order valence-corrected chi connectivity index (χ3v) is 4.69. The van der Waals surface area contributed by atoms with E-state index in [4.69, 9.17) is 23.2 Å². The molecule has 0 bridgehead atoms. The van der Waals surface area contributed by atoms with Crippen LogP contribution in [0.15, 0.2) is 29.8 Å². The Balaban J connectivity index is 2.22. The van der Waals surface area contributed by atoms with E-state index in [1.807, 2.05) is 12.3 Å². The van der Waals surface area contributed by atoms with E-state index in [0.717, 1.165) is 15.8 Å². The summed E-state index contributed by atoms with van der Waals surface area (Å²) >= 11 is 13.8. The van der Waals surface area contributed by atoms with Crippen LogP contribution in [0.2, 0.25) is 10.0 Å². The topological polar surface area (TPSA) is 32.9 Å². The second-order valence-electron chi connectivity index (χ2n) is 4.25. The number of aromatic nitrogens is 1. The Labute approximate surface area is 124 Å². The second-order valence-corrected chi connectivity index (χ2v) is 5.95. The van der Waals surface area contributed by atoms with Gasteiger partial charge in [0, 0.05) is 17.1 Å². The number of hydrogen-bond donors (Lipinski definition) is 1. The molecule has 0 atom stereocenters. The van der Waals surface area contributed by atoms with Crippen LogP contribution in [0, 0.1) is 6.92 Å². The molecule has 0 aliphatic rings. The Morgan fingerprint density at radius 1 is 1.26 bits per heavy atom. The molecule has 0 aliphatic heterocycles. The van der Waals surface area contributed by atoms with Gasteiger partial charge in [0.05, 0.1) is 15.6 Å². The lowest BCUT2D eigenvalue weighted by Gasteiger charge is -2.05. The molecule has 0 fully saturated rings. The third kappa shape index (κ3) is 1.98. The van der Waals surface area contributed by atoms with Gasteiger partial charge in [-0.05, 0) is 30.0 Å². The maximum absolute atomic E-state index is 12.6. The maximum atomic E-state index is 12.6. The normalized spacial score (nSPS) is 11.1. The summed E-state index contributed by atoms with van der Waals surface area (Å²) in [5.41, 5.74) is 2.05. The molecule has 2 nitrogen and oxygen atoms in total. The van der Waals surface area contributed by atoms with Gasteiger partial charge in [0.2, 0.25) is 0 Å². The fraction of sp³-hybridized carbons (Fsp3) is 0.0714. The lowest BCUT2D eigenvalue weighted by Crippen LogP contribution is -2.02. The number of halogens is 2. The maximum Gasteiger partial charge on any atom is 0.198 e. The number of benzene rings is 1. The van der Waals surface area contributed by atoms with E-state index in [-0.39, 0.29) is 5.78 Å².